The van der Waals surface area contributed by atoms with E-state index >= 15 is 0 Å². The Kier molecular flexibility index (Phi) is 7.01. The van der Waals surface area contributed by atoms with Crippen molar-refractivity contribution in [2.24, 2.45) is 0 Å². The molecule has 1 N–H and O–H groups in total. The third-order valence-corrected chi connectivity index (χ3v) is 6.68. The van der Waals surface area contributed by atoms with Crippen LogP contribution in [0.3, 0.4) is 0 Å². The highest BCUT2D eigenvalue weighted by molar-refractivity contribution is 8.00. The number of thiazole rings is 1. The Labute approximate surface area is 193 Å². The number of hydrogen-bond acceptors (Lipinski definition) is 7. The summed E-state index contributed by atoms with van der Waals surface area (Å²) in [5, 5.41) is 9.60. The van der Waals surface area contributed by atoms with Gasteiger partial charge in [-0.2, -0.15) is 4.98 Å². The van der Waals surface area contributed by atoms with E-state index in [2.05, 4.69) is 20.4 Å². The van der Waals surface area contributed by atoms with Crippen LogP contribution in [0.2, 0.25) is 5.02 Å². The molecule has 9 heteroatoms. The molecule has 0 bridgehead atoms. The lowest BCUT2D eigenvalue weighted by Gasteiger charge is -2.06. The van der Waals surface area contributed by atoms with Gasteiger partial charge < -0.3 is 9.84 Å². The van der Waals surface area contributed by atoms with Crippen LogP contribution in [0.1, 0.15) is 23.7 Å². The number of nitrogens with one attached hydrogen (secondary N) is 1. The van der Waals surface area contributed by atoms with Crippen LogP contribution in [0.5, 0.6) is 0 Å². The van der Waals surface area contributed by atoms with Gasteiger partial charge in [-0.3, -0.25) is 4.79 Å². The van der Waals surface area contributed by atoms with E-state index in [-0.39, 0.29) is 12.3 Å². The Morgan fingerprint density at radius 1 is 1.19 bits per heavy atom. The highest BCUT2D eigenvalue weighted by Gasteiger charge is 2.12. The van der Waals surface area contributed by atoms with E-state index in [4.69, 9.17) is 16.1 Å². The van der Waals surface area contributed by atoms with Gasteiger partial charge in [-0.05, 0) is 30.7 Å². The minimum Gasteiger partial charge on any atom is -0.339 e. The second-order valence-corrected chi connectivity index (χ2v) is 9.28. The summed E-state index contributed by atoms with van der Waals surface area (Å²) in [6.07, 6.45) is 0.671. The summed E-state index contributed by atoms with van der Waals surface area (Å²) in [6.45, 7) is 1.96. The van der Waals surface area contributed by atoms with Crippen molar-refractivity contribution in [2.45, 2.75) is 29.9 Å². The molecule has 0 saturated heterocycles. The maximum atomic E-state index is 12.2. The molecule has 0 aliphatic heterocycles. The molecule has 0 aliphatic rings. The summed E-state index contributed by atoms with van der Waals surface area (Å²) >= 11 is 9.16. The van der Waals surface area contributed by atoms with Crippen molar-refractivity contribution in [1.29, 1.82) is 0 Å². The summed E-state index contributed by atoms with van der Waals surface area (Å²) in [5.74, 6) is 1.49. The number of anilines is 1. The largest absolute Gasteiger partial charge is 0.339 e. The molecule has 2 heterocycles. The second-order valence-electron chi connectivity index (χ2n) is 6.77. The quantitative estimate of drug-likeness (QED) is 0.317. The fourth-order valence-electron chi connectivity index (χ4n) is 2.83. The molecule has 31 heavy (non-hydrogen) atoms. The minimum atomic E-state index is -0.0836. The number of aromatic nitrogens is 3. The van der Waals surface area contributed by atoms with Crippen LogP contribution in [-0.2, 0) is 17.0 Å². The molecular weight excluding hydrogens is 452 g/mol. The Morgan fingerprint density at radius 3 is 2.90 bits per heavy atom. The first-order chi connectivity index (χ1) is 15.1. The van der Waals surface area contributed by atoms with Crippen molar-refractivity contribution < 1.29 is 9.32 Å². The van der Waals surface area contributed by atoms with Gasteiger partial charge >= 0.3 is 0 Å². The molecule has 0 spiro atoms. The molecule has 0 aliphatic carbocycles. The summed E-state index contributed by atoms with van der Waals surface area (Å²) in [6, 6.07) is 15.3. The number of para-hydroxylation sites is 1. The van der Waals surface area contributed by atoms with E-state index in [1.54, 1.807) is 23.1 Å². The third-order valence-electron chi connectivity index (χ3n) is 4.42. The fourth-order valence-corrected chi connectivity index (χ4v) is 4.70. The van der Waals surface area contributed by atoms with Crippen LogP contribution in [0.15, 0.2) is 62.8 Å². The Morgan fingerprint density at radius 2 is 2.06 bits per heavy atom. The average Bonchev–Trinajstić information content (AvgIpc) is 3.42. The summed E-state index contributed by atoms with van der Waals surface area (Å²) in [5.41, 5.74) is 3.72. The number of halogens is 1. The monoisotopic (exact) mass is 470 g/mol. The zero-order valence-electron chi connectivity index (χ0n) is 16.7. The molecule has 158 valence electrons. The smallest absolute Gasteiger partial charge is 0.227 e. The van der Waals surface area contributed by atoms with Crippen LogP contribution in [-0.4, -0.2) is 21.0 Å². The summed E-state index contributed by atoms with van der Waals surface area (Å²) < 4.78 is 6.19. The zero-order valence-corrected chi connectivity index (χ0v) is 19.1. The van der Waals surface area contributed by atoms with Crippen molar-refractivity contribution in [3.05, 3.63) is 76.2 Å². The van der Waals surface area contributed by atoms with Crippen LogP contribution in [0.4, 0.5) is 5.69 Å². The van der Waals surface area contributed by atoms with Crippen molar-refractivity contribution in [3.63, 3.8) is 0 Å². The summed E-state index contributed by atoms with van der Waals surface area (Å²) in [7, 11) is 0. The van der Waals surface area contributed by atoms with Gasteiger partial charge in [0.15, 0.2) is 10.2 Å². The van der Waals surface area contributed by atoms with Crippen molar-refractivity contribution >= 4 is 46.3 Å². The number of aryl methyl sites for hydroxylation is 2. The van der Waals surface area contributed by atoms with Crippen LogP contribution >= 0.6 is 34.7 Å². The standard InChI is InChI=1S/C22H19ClN4O2S2/c1-14-5-2-3-8-17(14)24-20(28)9-10-21-26-19(27-29-21)13-31-22-25-18(12-30-22)15-6-4-7-16(23)11-15/h2-8,11-12H,9-10,13H2,1H3,(H,24,28). The maximum Gasteiger partial charge on any atom is 0.227 e. The summed E-state index contributed by atoms with van der Waals surface area (Å²) in [4.78, 5) is 21.2. The number of carbonyl (C=O) groups is 1. The predicted molar refractivity (Wildman–Crippen MR) is 125 cm³/mol. The van der Waals surface area contributed by atoms with Crippen molar-refractivity contribution in [2.75, 3.05) is 5.32 Å². The molecule has 0 saturated carbocycles. The number of thioether (sulfide) groups is 1. The van der Waals surface area contributed by atoms with Gasteiger partial charge in [0.25, 0.3) is 0 Å². The van der Waals surface area contributed by atoms with Crippen molar-refractivity contribution in [3.8, 4) is 11.3 Å². The van der Waals surface area contributed by atoms with Gasteiger partial charge in [-0.15, -0.1) is 11.3 Å². The van der Waals surface area contributed by atoms with E-state index < -0.39 is 0 Å². The second kappa shape index (κ2) is 10.1. The first-order valence-corrected chi connectivity index (χ1v) is 11.8. The van der Waals surface area contributed by atoms with Crippen LogP contribution < -0.4 is 5.32 Å². The lowest BCUT2D eigenvalue weighted by molar-refractivity contribution is -0.116. The molecule has 0 fully saturated rings. The van der Waals surface area contributed by atoms with Gasteiger partial charge in [0.1, 0.15) is 0 Å². The maximum absolute atomic E-state index is 12.2. The van der Waals surface area contributed by atoms with Gasteiger partial charge in [-0.25, -0.2) is 4.98 Å². The molecule has 2 aromatic heterocycles. The van der Waals surface area contributed by atoms with Crippen LogP contribution in [0.25, 0.3) is 11.3 Å². The molecule has 2 aromatic carbocycles. The van der Waals surface area contributed by atoms with Gasteiger partial charge in [0, 0.05) is 34.5 Å². The molecule has 1 amide bonds. The predicted octanol–water partition coefficient (Wildman–Crippen LogP) is 6.02. The molecule has 6 nitrogen and oxygen atoms in total. The Bertz CT molecular complexity index is 1190. The molecule has 0 atom stereocenters. The first-order valence-electron chi connectivity index (χ1n) is 9.58. The van der Waals surface area contributed by atoms with Gasteiger partial charge in [-0.1, -0.05) is 58.9 Å². The normalized spacial score (nSPS) is 10.9. The zero-order chi connectivity index (χ0) is 21.6. The highest BCUT2D eigenvalue weighted by atomic mass is 35.5. The van der Waals surface area contributed by atoms with Crippen LogP contribution in [0, 0.1) is 6.92 Å². The topological polar surface area (TPSA) is 80.9 Å². The minimum absolute atomic E-state index is 0.0836. The lowest BCUT2D eigenvalue weighted by Crippen LogP contribution is -2.13. The molecule has 4 rings (SSSR count). The van der Waals surface area contributed by atoms with E-state index in [1.165, 1.54) is 0 Å². The number of rotatable bonds is 8. The fraction of sp³-hybridized carbons (Fsp3) is 0.182. The molecule has 0 radical (unpaired) electrons. The number of amides is 1. The first kappa shape index (κ1) is 21.5. The van der Waals surface area contributed by atoms with E-state index in [0.29, 0.717) is 28.9 Å². The Balaban J connectivity index is 1.27. The van der Waals surface area contributed by atoms with E-state index in [1.807, 2.05) is 60.8 Å². The van der Waals surface area contributed by atoms with E-state index in [0.717, 1.165) is 26.8 Å². The molecule has 4 aromatic rings. The number of nitrogens with zero attached hydrogens (tertiary/aromatic N) is 3. The van der Waals surface area contributed by atoms with Gasteiger partial charge in [0.2, 0.25) is 11.8 Å². The van der Waals surface area contributed by atoms with Gasteiger partial charge in [0.05, 0.1) is 11.4 Å². The SMILES string of the molecule is Cc1ccccc1NC(=O)CCc1nc(CSc2nc(-c3cccc(Cl)c3)cs2)no1. The third kappa shape index (κ3) is 5.94. The Hall–Kier alpha value is -2.68. The van der Waals surface area contributed by atoms with E-state index in [9.17, 15) is 4.79 Å². The number of benzene rings is 2. The lowest BCUT2D eigenvalue weighted by atomic mass is 10.2. The molecular formula is C22H19ClN4O2S2. The number of carbonyl (C=O) groups excluding carboxylic acids is 1. The van der Waals surface area contributed by atoms with Crippen molar-refractivity contribution in [1.82, 2.24) is 15.1 Å². The number of hydrogen-bond donors (Lipinski definition) is 1. The molecule has 0 unspecified atom stereocenters. The average molecular weight is 471 g/mol. The highest BCUT2D eigenvalue weighted by Crippen LogP contribution is 2.30.